The molecule has 0 saturated carbocycles. The molecule has 88 valence electrons. The lowest BCUT2D eigenvalue weighted by Crippen LogP contribution is -2.48. The Morgan fingerprint density at radius 2 is 2.13 bits per heavy atom. The highest BCUT2D eigenvalue weighted by atomic mass is 16.1. The fraction of sp³-hybridized carbons (Fsp3) is 0.917. The summed E-state index contributed by atoms with van der Waals surface area (Å²) < 4.78 is 0. The number of carbonyl (C=O) groups excluding carboxylic acids is 1. The van der Waals surface area contributed by atoms with Crippen molar-refractivity contribution in [1.82, 2.24) is 10.6 Å². The molecule has 0 spiro atoms. The Kier molecular flexibility index (Phi) is 4.14. The predicted molar refractivity (Wildman–Crippen MR) is 62.7 cm³/mol. The van der Waals surface area contributed by atoms with Gasteiger partial charge >= 0.3 is 0 Å². The summed E-state index contributed by atoms with van der Waals surface area (Å²) in [4.78, 5) is 11.9. The van der Waals surface area contributed by atoms with Crippen LogP contribution in [0.1, 0.15) is 40.5 Å². The second kappa shape index (κ2) is 4.97. The van der Waals surface area contributed by atoms with Gasteiger partial charge in [-0.05, 0) is 31.7 Å². The van der Waals surface area contributed by atoms with Gasteiger partial charge in [-0.25, -0.2) is 0 Å². The van der Waals surface area contributed by atoms with Crippen molar-refractivity contribution in [2.24, 2.45) is 11.3 Å². The number of carbonyl (C=O) groups is 1. The lowest BCUT2D eigenvalue weighted by molar-refractivity contribution is -0.126. The molecule has 1 fully saturated rings. The summed E-state index contributed by atoms with van der Waals surface area (Å²) in [5, 5.41) is 6.39. The maximum atomic E-state index is 11.9. The van der Waals surface area contributed by atoms with Crippen LogP contribution in [0.3, 0.4) is 0 Å². The van der Waals surface area contributed by atoms with Crippen molar-refractivity contribution >= 4 is 5.91 Å². The summed E-state index contributed by atoms with van der Waals surface area (Å²) in [5.41, 5.74) is 0.168. The Morgan fingerprint density at radius 1 is 1.47 bits per heavy atom. The van der Waals surface area contributed by atoms with Crippen LogP contribution in [0.4, 0.5) is 0 Å². The molecule has 0 unspecified atom stereocenters. The summed E-state index contributed by atoms with van der Waals surface area (Å²) in [6.45, 7) is 10.3. The third kappa shape index (κ3) is 4.20. The third-order valence-electron chi connectivity index (χ3n) is 2.89. The monoisotopic (exact) mass is 212 g/mol. The van der Waals surface area contributed by atoms with E-state index in [1.54, 1.807) is 0 Å². The minimum Gasteiger partial charge on any atom is -0.355 e. The molecular formula is C12H24N2O. The van der Waals surface area contributed by atoms with E-state index in [9.17, 15) is 4.79 Å². The number of amides is 1. The zero-order valence-corrected chi connectivity index (χ0v) is 10.4. The van der Waals surface area contributed by atoms with E-state index >= 15 is 0 Å². The SMILES string of the molecule is C[C@H]1NCCC[C@H]1C(=O)NCC(C)(C)C. The van der Waals surface area contributed by atoms with Gasteiger partial charge in [0.1, 0.15) is 0 Å². The van der Waals surface area contributed by atoms with Gasteiger partial charge in [0, 0.05) is 12.6 Å². The van der Waals surface area contributed by atoms with Crippen LogP contribution < -0.4 is 10.6 Å². The molecule has 1 aliphatic rings. The van der Waals surface area contributed by atoms with Crippen molar-refractivity contribution in [2.75, 3.05) is 13.1 Å². The highest BCUT2D eigenvalue weighted by Crippen LogP contribution is 2.17. The minimum atomic E-state index is 0.154. The normalized spacial score (nSPS) is 27.5. The second-order valence-corrected chi connectivity index (χ2v) is 5.77. The first-order chi connectivity index (χ1) is 6.90. The van der Waals surface area contributed by atoms with Crippen molar-refractivity contribution in [3.05, 3.63) is 0 Å². The van der Waals surface area contributed by atoms with Gasteiger partial charge in [0.2, 0.25) is 5.91 Å². The lowest BCUT2D eigenvalue weighted by Gasteiger charge is -2.30. The van der Waals surface area contributed by atoms with Gasteiger partial charge in [0.05, 0.1) is 5.92 Å². The zero-order chi connectivity index (χ0) is 11.5. The number of rotatable bonds is 2. The Morgan fingerprint density at radius 3 is 2.67 bits per heavy atom. The number of nitrogens with one attached hydrogen (secondary N) is 2. The van der Waals surface area contributed by atoms with Crippen LogP contribution in [0, 0.1) is 11.3 Å². The van der Waals surface area contributed by atoms with Crippen molar-refractivity contribution in [3.63, 3.8) is 0 Å². The molecule has 1 rings (SSSR count). The van der Waals surface area contributed by atoms with Crippen LogP contribution in [0.5, 0.6) is 0 Å². The highest BCUT2D eigenvalue weighted by Gasteiger charge is 2.27. The van der Waals surface area contributed by atoms with Crippen molar-refractivity contribution in [3.8, 4) is 0 Å². The van der Waals surface area contributed by atoms with Crippen LogP contribution in [-0.2, 0) is 4.79 Å². The highest BCUT2D eigenvalue weighted by molar-refractivity contribution is 5.79. The molecule has 0 radical (unpaired) electrons. The van der Waals surface area contributed by atoms with Gasteiger partial charge in [0.15, 0.2) is 0 Å². The molecule has 2 atom stereocenters. The summed E-state index contributed by atoms with van der Waals surface area (Å²) in [5.74, 6) is 0.366. The first-order valence-electron chi connectivity index (χ1n) is 5.91. The van der Waals surface area contributed by atoms with Crippen LogP contribution in [0.25, 0.3) is 0 Å². The van der Waals surface area contributed by atoms with E-state index in [0.29, 0.717) is 6.04 Å². The molecule has 1 aliphatic heterocycles. The molecule has 0 aromatic carbocycles. The largest absolute Gasteiger partial charge is 0.355 e. The molecule has 1 amide bonds. The van der Waals surface area contributed by atoms with Gasteiger partial charge in [0.25, 0.3) is 0 Å². The van der Waals surface area contributed by atoms with Gasteiger partial charge in [-0.1, -0.05) is 20.8 Å². The lowest BCUT2D eigenvalue weighted by atomic mass is 9.90. The van der Waals surface area contributed by atoms with Crippen molar-refractivity contribution < 1.29 is 4.79 Å². The zero-order valence-electron chi connectivity index (χ0n) is 10.4. The third-order valence-corrected chi connectivity index (χ3v) is 2.89. The molecule has 15 heavy (non-hydrogen) atoms. The quantitative estimate of drug-likeness (QED) is 0.729. The van der Waals surface area contributed by atoms with E-state index in [2.05, 4.69) is 38.3 Å². The average molecular weight is 212 g/mol. The van der Waals surface area contributed by atoms with E-state index in [-0.39, 0.29) is 17.2 Å². The van der Waals surface area contributed by atoms with E-state index in [1.807, 2.05) is 0 Å². The summed E-state index contributed by atoms with van der Waals surface area (Å²) >= 11 is 0. The first kappa shape index (κ1) is 12.5. The van der Waals surface area contributed by atoms with E-state index < -0.39 is 0 Å². The van der Waals surface area contributed by atoms with Gasteiger partial charge in [-0.3, -0.25) is 4.79 Å². The first-order valence-corrected chi connectivity index (χ1v) is 5.91. The maximum Gasteiger partial charge on any atom is 0.224 e. The summed E-state index contributed by atoms with van der Waals surface area (Å²) in [7, 11) is 0. The van der Waals surface area contributed by atoms with E-state index in [1.165, 1.54) is 0 Å². The smallest absolute Gasteiger partial charge is 0.224 e. The molecule has 1 heterocycles. The van der Waals surface area contributed by atoms with Crippen molar-refractivity contribution in [2.45, 2.75) is 46.6 Å². The van der Waals surface area contributed by atoms with E-state index in [0.717, 1.165) is 25.9 Å². The fourth-order valence-corrected chi connectivity index (χ4v) is 1.89. The molecule has 3 heteroatoms. The van der Waals surface area contributed by atoms with Gasteiger partial charge < -0.3 is 10.6 Å². The molecule has 0 aromatic rings. The molecule has 0 aromatic heterocycles. The second-order valence-electron chi connectivity index (χ2n) is 5.77. The minimum absolute atomic E-state index is 0.154. The molecule has 0 bridgehead atoms. The number of piperidine rings is 1. The number of hydrogen-bond donors (Lipinski definition) is 2. The molecule has 2 N–H and O–H groups in total. The molecule has 3 nitrogen and oxygen atoms in total. The fourth-order valence-electron chi connectivity index (χ4n) is 1.89. The summed E-state index contributed by atoms with van der Waals surface area (Å²) in [6, 6.07) is 0.318. The Balaban J connectivity index is 2.39. The Labute approximate surface area is 93.0 Å². The topological polar surface area (TPSA) is 41.1 Å². The molecular weight excluding hydrogens is 188 g/mol. The Hall–Kier alpha value is -0.570. The van der Waals surface area contributed by atoms with Crippen LogP contribution in [-0.4, -0.2) is 25.0 Å². The predicted octanol–water partition coefficient (Wildman–Crippen LogP) is 1.54. The molecule has 0 aliphatic carbocycles. The molecule has 1 saturated heterocycles. The van der Waals surface area contributed by atoms with Gasteiger partial charge in [-0.15, -0.1) is 0 Å². The van der Waals surface area contributed by atoms with E-state index in [4.69, 9.17) is 0 Å². The van der Waals surface area contributed by atoms with Crippen molar-refractivity contribution in [1.29, 1.82) is 0 Å². The standard InChI is InChI=1S/C12H24N2O/c1-9-10(6-5-7-13-9)11(15)14-8-12(2,3)4/h9-10,13H,5-8H2,1-4H3,(H,14,15)/t9-,10-/m1/s1. The van der Waals surface area contributed by atoms with Crippen LogP contribution in [0.15, 0.2) is 0 Å². The van der Waals surface area contributed by atoms with Crippen LogP contribution in [0.2, 0.25) is 0 Å². The maximum absolute atomic E-state index is 11.9. The Bertz CT molecular complexity index is 220. The van der Waals surface area contributed by atoms with Gasteiger partial charge in [-0.2, -0.15) is 0 Å². The van der Waals surface area contributed by atoms with Crippen LogP contribution >= 0.6 is 0 Å². The summed E-state index contributed by atoms with van der Waals surface area (Å²) in [6.07, 6.45) is 2.13. The average Bonchev–Trinajstić information content (AvgIpc) is 2.14. The number of hydrogen-bond acceptors (Lipinski definition) is 2.